The van der Waals surface area contributed by atoms with Gasteiger partial charge in [0.25, 0.3) is 5.91 Å². The molecular weight excluding hydrogens is 404 g/mol. The minimum absolute atomic E-state index is 0.0232. The third-order valence-electron chi connectivity index (χ3n) is 5.06. The van der Waals surface area contributed by atoms with Crippen LogP contribution >= 0.6 is 11.3 Å². The summed E-state index contributed by atoms with van der Waals surface area (Å²) in [5.41, 5.74) is 6.14. The predicted octanol–water partition coefficient (Wildman–Crippen LogP) is 6.37. The molecule has 4 nitrogen and oxygen atoms in total. The number of benzene rings is 3. The van der Waals surface area contributed by atoms with E-state index in [1.165, 1.54) is 5.56 Å². The van der Waals surface area contributed by atoms with Crippen LogP contribution in [0.4, 0.5) is 5.69 Å². The fourth-order valence-electron chi connectivity index (χ4n) is 3.34. The highest BCUT2D eigenvalue weighted by Gasteiger charge is 2.10. The van der Waals surface area contributed by atoms with Gasteiger partial charge in [-0.15, -0.1) is 11.3 Å². The van der Waals surface area contributed by atoms with Crippen LogP contribution in [-0.2, 0) is 11.2 Å². The number of anilines is 1. The zero-order valence-electron chi connectivity index (χ0n) is 17.6. The molecule has 0 aliphatic heterocycles. The highest BCUT2D eigenvalue weighted by molar-refractivity contribution is 7.13. The average molecular weight is 429 g/mol. The number of carbonyl (C=O) groups excluding carboxylic acids is 1. The number of aromatic nitrogens is 1. The maximum Gasteiger partial charge on any atom is 0.262 e. The van der Waals surface area contributed by atoms with E-state index >= 15 is 0 Å². The van der Waals surface area contributed by atoms with E-state index in [2.05, 4.69) is 36.7 Å². The highest BCUT2D eigenvalue weighted by atomic mass is 32.1. The van der Waals surface area contributed by atoms with Crippen LogP contribution in [-0.4, -0.2) is 17.5 Å². The van der Waals surface area contributed by atoms with E-state index < -0.39 is 0 Å². The van der Waals surface area contributed by atoms with E-state index in [0.717, 1.165) is 45.2 Å². The van der Waals surface area contributed by atoms with Gasteiger partial charge in [0, 0.05) is 22.2 Å². The molecule has 0 unspecified atom stereocenters. The van der Waals surface area contributed by atoms with E-state index in [0.29, 0.717) is 0 Å². The van der Waals surface area contributed by atoms with Gasteiger partial charge in [0.05, 0.1) is 5.69 Å². The molecule has 0 bridgehead atoms. The minimum Gasteiger partial charge on any atom is -0.483 e. The number of carbonyl (C=O) groups is 1. The van der Waals surface area contributed by atoms with E-state index in [1.54, 1.807) is 11.3 Å². The summed E-state index contributed by atoms with van der Waals surface area (Å²) in [7, 11) is 0. The number of nitrogens with one attached hydrogen (secondary N) is 1. The number of hydrogen-bond acceptors (Lipinski definition) is 4. The Kier molecular flexibility index (Phi) is 6.43. The van der Waals surface area contributed by atoms with Gasteiger partial charge in [-0.25, -0.2) is 4.98 Å². The summed E-state index contributed by atoms with van der Waals surface area (Å²) in [6.07, 6.45) is 0.863. The van der Waals surface area contributed by atoms with E-state index in [4.69, 9.17) is 9.72 Å². The first kappa shape index (κ1) is 20.8. The molecule has 0 aliphatic carbocycles. The smallest absolute Gasteiger partial charge is 0.262 e. The minimum atomic E-state index is -0.186. The van der Waals surface area contributed by atoms with E-state index in [1.807, 2.05) is 60.7 Å². The Morgan fingerprint density at radius 3 is 2.52 bits per heavy atom. The molecule has 31 heavy (non-hydrogen) atoms. The summed E-state index contributed by atoms with van der Waals surface area (Å²) >= 11 is 1.64. The topological polar surface area (TPSA) is 51.2 Å². The summed E-state index contributed by atoms with van der Waals surface area (Å²) < 4.78 is 5.69. The van der Waals surface area contributed by atoms with Crippen LogP contribution in [0.5, 0.6) is 5.75 Å². The second kappa shape index (κ2) is 9.58. The van der Waals surface area contributed by atoms with Gasteiger partial charge in [0.2, 0.25) is 0 Å². The number of ether oxygens (including phenoxy) is 1. The van der Waals surface area contributed by atoms with Crippen molar-refractivity contribution in [2.75, 3.05) is 11.9 Å². The second-order valence-electron chi connectivity index (χ2n) is 7.23. The molecule has 0 atom stereocenters. The van der Waals surface area contributed by atoms with Gasteiger partial charge in [0.1, 0.15) is 10.8 Å². The largest absolute Gasteiger partial charge is 0.483 e. The summed E-state index contributed by atoms with van der Waals surface area (Å²) in [5, 5.41) is 5.96. The maximum absolute atomic E-state index is 12.3. The first-order valence-corrected chi connectivity index (χ1v) is 11.1. The molecule has 1 heterocycles. The van der Waals surface area contributed by atoms with E-state index in [-0.39, 0.29) is 12.5 Å². The monoisotopic (exact) mass is 428 g/mol. The Morgan fingerprint density at radius 2 is 1.74 bits per heavy atom. The average Bonchev–Trinajstić information content (AvgIpc) is 3.29. The molecule has 0 radical (unpaired) electrons. The molecular formula is C26H24N2O2S. The van der Waals surface area contributed by atoms with Crippen LogP contribution in [0.2, 0.25) is 0 Å². The van der Waals surface area contributed by atoms with Crippen molar-refractivity contribution in [3.63, 3.8) is 0 Å². The number of aryl methyl sites for hydroxylation is 2. The molecule has 0 fully saturated rings. The van der Waals surface area contributed by atoms with Crippen LogP contribution in [0.1, 0.15) is 18.1 Å². The van der Waals surface area contributed by atoms with Gasteiger partial charge in [-0.1, -0.05) is 61.5 Å². The number of para-hydroxylation sites is 1. The third-order valence-corrected chi connectivity index (χ3v) is 5.93. The van der Waals surface area contributed by atoms with Crippen LogP contribution in [0.25, 0.3) is 21.8 Å². The normalized spacial score (nSPS) is 10.6. The molecule has 1 N–H and O–H groups in total. The first-order valence-electron chi connectivity index (χ1n) is 10.3. The number of nitrogens with zero attached hydrogens (tertiary/aromatic N) is 1. The predicted molar refractivity (Wildman–Crippen MR) is 128 cm³/mol. The fraction of sp³-hybridized carbons (Fsp3) is 0.154. The fourth-order valence-corrected chi connectivity index (χ4v) is 4.26. The van der Waals surface area contributed by atoms with Crippen LogP contribution in [0, 0.1) is 6.92 Å². The Bertz CT molecular complexity index is 1180. The lowest BCUT2D eigenvalue weighted by atomic mass is 10.1. The van der Waals surface area contributed by atoms with Crippen LogP contribution in [0.15, 0.2) is 78.2 Å². The molecule has 0 saturated heterocycles. The highest BCUT2D eigenvalue weighted by Crippen LogP contribution is 2.31. The molecule has 0 aliphatic rings. The Hall–Kier alpha value is -3.44. The van der Waals surface area contributed by atoms with Gasteiger partial charge < -0.3 is 10.1 Å². The SMILES string of the molecule is CCc1ccccc1OCC(=O)Nc1ccc(-c2csc(-c3ccccc3C)n2)cc1. The Labute approximate surface area is 186 Å². The Morgan fingerprint density at radius 1 is 1.00 bits per heavy atom. The van der Waals surface area contributed by atoms with E-state index in [9.17, 15) is 4.79 Å². The molecule has 3 aromatic carbocycles. The Balaban J connectivity index is 1.38. The number of thiazole rings is 1. The van der Waals surface area contributed by atoms with Gasteiger partial charge in [0.15, 0.2) is 6.61 Å². The molecule has 0 saturated carbocycles. The lowest BCUT2D eigenvalue weighted by Gasteiger charge is -2.10. The standard InChI is InChI=1S/C26H24N2O2S/c1-3-19-9-5-7-11-24(19)30-16-25(29)27-21-14-12-20(13-15-21)23-17-31-26(28-23)22-10-6-4-8-18(22)2/h4-15,17H,3,16H2,1-2H3,(H,27,29). The zero-order valence-corrected chi connectivity index (χ0v) is 18.4. The molecule has 156 valence electrons. The van der Waals surface area contributed by atoms with Crippen molar-refractivity contribution >= 4 is 22.9 Å². The lowest BCUT2D eigenvalue weighted by Crippen LogP contribution is -2.20. The van der Waals surface area contributed by atoms with Crippen molar-refractivity contribution in [1.29, 1.82) is 0 Å². The number of rotatable bonds is 7. The summed E-state index contributed by atoms with van der Waals surface area (Å²) in [5.74, 6) is 0.567. The molecule has 1 amide bonds. The molecule has 0 spiro atoms. The summed E-state index contributed by atoms with van der Waals surface area (Å²) in [4.78, 5) is 17.1. The van der Waals surface area contributed by atoms with Gasteiger partial charge >= 0.3 is 0 Å². The van der Waals surface area contributed by atoms with Crippen molar-refractivity contribution in [2.24, 2.45) is 0 Å². The van der Waals surface area contributed by atoms with Crippen LogP contribution in [0.3, 0.4) is 0 Å². The first-order chi connectivity index (χ1) is 15.1. The maximum atomic E-state index is 12.3. The van der Waals surface area contributed by atoms with Crippen LogP contribution < -0.4 is 10.1 Å². The van der Waals surface area contributed by atoms with Gasteiger partial charge in [-0.2, -0.15) is 0 Å². The van der Waals surface area contributed by atoms with Gasteiger partial charge in [-0.05, 0) is 42.7 Å². The van der Waals surface area contributed by atoms with Crippen molar-refractivity contribution in [3.8, 4) is 27.6 Å². The molecule has 4 rings (SSSR count). The van der Waals surface area contributed by atoms with Crippen molar-refractivity contribution in [3.05, 3.63) is 89.3 Å². The summed E-state index contributed by atoms with van der Waals surface area (Å²) in [6, 6.07) is 23.8. The molecule has 5 heteroatoms. The van der Waals surface area contributed by atoms with Crippen molar-refractivity contribution < 1.29 is 9.53 Å². The van der Waals surface area contributed by atoms with Gasteiger partial charge in [-0.3, -0.25) is 4.79 Å². The second-order valence-corrected chi connectivity index (χ2v) is 8.09. The third kappa shape index (κ3) is 5.01. The van der Waals surface area contributed by atoms with Crippen molar-refractivity contribution in [1.82, 2.24) is 4.98 Å². The number of amides is 1. The van der Waals surface area contributed by atoms with Crippen molar-refractivity contribution in [2.45, 2.75) is 20.3 Å². The quantitative estimate of drug-likeness (QED) is 0.372. The molecule has 4 aromatic rings. The molecule has 1 aromatic heterocycles. The zero-order chi connectivity index (χ0) is 21.6. The number of hydrogen-bond donors (Lipinski definition) is 1. The summed E-state index contributed by atoms with van der Waals surface area (Å²) in [6.45, 7) is 4.14. The lowest BCUT2D eigenvalue weighted by molar-refractivity contribution is -0.118.